The second-order valence-corrected chi connectivity index (χ2v) is 2.55. The molecule has 0 N–H and O–H groups in total. The van der Waals surface area contributed by atoms with Gasteiger partial charge in [0.25, 0.3) is 0 Å². The molecule has 1 heterocycles. The van der Waals surface area contributed by atoms with E-state index in [0.717, 1.165) is 0 Å². The molecule has 0 unspecified atom stereocenters. The quantitative estimate of drug-likeness (QED) is 0.654. The summed E-state index contributed by atoms with van der Waals surface area (Å²) in [5, 5.41) is 34.6. The van der Waals surface area contributed by atoms with Crippen LogP contribution in [0.25, 0.3) is 0 Å². The average molecular weight is 193 g/mol. The number of pyridine rings is 1. The van der Waals surface area contributed by atoms with Gasteiger partial charge in [-0.1, -0.05) is 0 Å². The van der Waals surface area contributed by atoms with Crippen molar-refractivity contribution in [1.29, 1.82) is 21.0 Å². The van der Waals surface area contributed by atoms with Crippen molar-refractivity contribution in [2.45, 2.75) is 6.42 Å². The van der Waals surface area contributed by atoms with Crippen LogP contribution in [0.5, 0.6) is 0 Å². The summed E-state index contributed by atoms with van der Waals surface area (Å²) in [5.41, 5.74) is 0.401. The molecule has 0 fully saturated rings. The van der Waals surface area contributed by atoms with Gasteiger partial charge in [0.1, 0.15) is 23.5 Å². The topological polar surface area (TPSA) is 108 Å². The zero-order valence-electron chi connectivity index (χ0n) is 7.52. The Morgan fingerprint density at radius 3 is 2.27 bits per heavy atom. The van der Waals surface area contributed by atoms with E-state index in [-0.39, 0.29) is 28.9 Å². The third kappa shape index (κ3) is 1.89. The maximum absolute atomic E-state index is 8.78. The smallest absolute Gasteiger partial charge is 0.147 e. The second kappa shape index (κ2) is 4.38. The Morgan fingerprint density at radius 1 is 1.07 bits per heavy atom. The predicted molar refractivity (Wildman–Crippen MR) is 47.7 cm³/mol. The molecule has 68 valence electrons. The third-order valence-electron chi connectivity index (χ3n) is 1.72. The highest BCUT2D eigenvalue weighted by Crippen LogP contribution is 2.13. The molecule has 0 spiro atoms. The molecule has 0 aliphatic carbocycles. The zero-order valence-corrected chi connectivity index (χ0v) is 7.52. The van der Waals surface area contributed by atoms with Gasteiger partial charge in [-0.2, -0.15) is 21.0 Å². The molecular formula is C10H3N5. The molecule has 1 aromatic heterocycles. The number of aromatic nitrogens is 1. The highest BCUT2D eigenvalue weighted by Gasteiger charge is 2.11. The van der Waals surface area contributed by atoms with Crippen molar-refractivity contribution in [3.8, 4) is 24.3 Å². The highest BCUT2D eigenvalue weighted by atomic mass is 14.7. The minimum atomic E-state index is -0.0650. The summed E-state index contributed by atoms with van der Waals surface area (Å²) in [7, 11) is 0. The number of hydrogen-bond donors (Lipinski definition) is 0. The van der Waals surface area contributed by atoms with Crippen LogP contribution in [0.4, 0.5) is 0 Å². The van der Waals surface area contributed by atoms with Crippen LogP contribution in [-0.2, 0) is 6.42 Å². The Labute approximate surface area is 86.0 Å². The Morgan fingerprint density at radius 2 is 1.80 bits per heavy atom. The predicted octanol–water partition coefficient (Wildman–Crippen LogP) is 0.763. The van der Waals surface area contributed by atoms with Crippen molar-refractivity contribution < 1.29 is 0 Å². The van der Waals surface area contributed by atoms with Crippen molar-refractivity contribution in [3.63, 3.8) is 0 Å². The largest absolute Gasteiger partial charge is 0.226 e. The Hall–Kier alpha value is -2.89. The van der Waals surface area contributed by atoms with E-state index in [9.17, 15) is 0 Å². The van der Waals surface area contributed by atoms with Crippen LogP contribution in [0.2, 0.25) is 0 Å². The fourth-order valence-corrected chi connectivity index (χ4v) is 1.08. The summed E-state index contributed by atoms with van der Waals surface area (Å²) in [4.78, 5) is 3.71. The van der Waals surface area contributed by atoms with Gasteiger partial charge in [-0.25, -0.2) is 4.98 Å². The molecule has 0 atom stereocenters. The van der Waals surface area contributed by atoms with E-state index in [1.807, 2.05) is 12.1 Å². The zero-order chi connectivity index (χ0) is 11.3. The van der Waals surface area contributed by atoms with Crippen LogP contribution in [0.3, 0.4) is 0 Å². The van der Waals surface area contributed by atoms with Crippen LogP contribution in [-0.4, -0.2) is 4.98 Å². The minimum absolute atomic E-state index is 0.00443. The lowest BCUT2D eigenvalue weighted by Gasteiger charge is -2.00. The Kier molecular flexibility index (Phi) is 2.97. The van der Waals surface area contributed by atoms with E-state index in [0.29, 0.717) is 0 Å². The molecular weight excluding hydrogens is 190 g/mol. The summed E-state index contributed by atoms with van der Waals surface area (Å²) in [5.74, 6) is 0. The molecule has 0 radical (unpaired) electrons. The average Bonchev–Trinajstić information content (AvgIpc) is 2.29. The minimum Gasteiger partial charge on any atom is -0.226 e. The first-order valence-electron chi connectivity index (χ1n) is 3.88. The first-order chi connectivity index (χ1) is 7.26. The third-order valence-corrected chi connectivity index (χ3v) is 1.72. The van der Waals surface area contributed by atoms with E-state index < -0.39 is 0 Å². The number of hydrogen-bond acceptors (Lipinski definition) is 5. The molecule has 0 bridgehead atoms. The lowest BCUT2D eigenvalue weighted by atomic mass is 10.0. The van der Waals surface area contributed by atoms with Crippen molar-refractivity contribution in [2.24, 2.45) is 0 Å². The van der Waals surface area contributed by atoms with Gasteiger partial charge in [0.05, 0.1) is 24.1 Å². The summed E-state index contributed by atoms with van der Waals surface area (Å²) in [6.45, 7) is 0. The van der Waals surface area contributed by atoms with Crippen LogP contribution < -0.4 is 0 Å². The van der Waals surface area contributed by atoms with Crippen LogP contribution >= 0.6 is 0 Å². The Bertz CT molecular complexity index is 524. The van der Waals surface area contributed by atoms with E-state index in [2.05, 4.69) is 4.98 Å². The first-order valence-corrected chi connectivity index (χ1v) is 3.88. The van der Waals surface area contributed by atoms with Gasteiger partial charge < -0.3 is 0 Å². The van der Waals surface area contributed by atoms with E-state index in [1.165, 1.54) is 6.07 Å². The monoisotopic (exact) mass is 193 g/mol. The maximum Gasteiger partial charge on any atom is 0.147 e. The summed E-state index contributed by atoms with van der Waals surface area (Å²) in [6.07, 6.45) is -0.0650. The van der Waals surface area contributed by atoms with Gasteiger partial charge in [-0.3, -0.25) is 0 Å². The number of rotatable bonds is 1. The molecule has 1 rings (SSSR count). The summed E-state index contributed by atoms with van der Waals surface area (Å²) >= 11 is 0. The fraction of sp³-hybridized carbons (Fsp3) is 0.100. The van der Waals surface area contributed by atoms with Gasteiger partial charge in [0, 0.05) is 5.56 Å². The van der Waals surface area contributed by atoms with Gasteiger partial charge in [-0.15, -0.1) is 0 Å². The molecule has 15 heavy (non-hydrogen) atoms. The molecule has 0 aromatic carbocycles. The van der Waals surface area contributed by atoms with Gasteiger partial charge in [0.2, 0.25) is 0 Å². The van der Waals surface area contributed by atoms with E-state index in [1.54, 1.807) is 12.1 Å². The molecule has 0 amide bonds. The number of nitriles is 4. The first kappa shape index (κ1) is 10.2. The molecule has 1 aromatic rings. The van der Waals surface area contributed by atoms with Crippen LogP contribution in [0, 0.1) is 45.3 Å². The van der Waals surface area contributed by atoms with Crippen molar-refractivity contribution >= 4 is 0 Å². The highest BCUT2D eigenvalue weighted by molar-refractivity contribution is 5.49. The lowest BCUT2D eigenvalue weighted by molar-refractivity contribution is 1.12. The molecule has 5 nitrogen and oxygen atoms in total. The van der Waals surface area contributed by atoms with E-state index >= 15 is 0 Å². The van der Waals surface area contributed by atoms with Gasteiger partial charge in [0.15, 0.2) is 0 Å². The second-order valence-electron chi connectivity index (χ2n) is 2.55. The SMILES string of the molecule is N#CCc1c(C#N)cc(C#N)nc1C#N. The molecule has 0 aliphatic heterocycles. The molecule has 0 aliphatic rings. The van der Waals surface area contributed by atoms with Crippen molar-refractivity contribution in [3.05, 3.63) is 28.6 Å². The maximum atomic E-state index is 8.78. The molecule has 0 saturated carbocycles. The summed E-state index contributed by atoms with van der Waals surface area (Å²) in [6, 6.07) is 8.47. The fourth-order valence-electron chi connectivity index (χ4n) is 1.08. The normalized spacial score (nSPS) is 8.00. The summed E-state index contributed by atoms with van der Waals surface area (Å²) < 4.78 is 0. The molecule has 0 saturated heterocycles. The number of nitrogens with zero attached hydrogens (tertiary/aromatic N) is 5. The standard InChI is InChI=1S/C10H3N5/c11-2-1-9-7(4-12)3-8(5-13)15-10(9)6-14/h3H,1H2. The van der Waals surface area contributed by atoms with Crippen molar-refractivity contribution in [1.82, 2.24) is 4.98 Å². The molecule has 5 heteroatoms. The van der Waals surface area contributed by atoms with Gasteiger partial charge >= 0.3 is 0 Å². The van der Waals surface area contributed by atoms with Gasteiger partial charge in [-0.05, 0) is 6.07 Å². The van der Waals surface area contributed by atoms with Crippen LogP contribution in [0.15, 0.2) is 6.07 Å². The van der Waals surface area contributed by atoms with E-state index in [4.69, 9.17) is 21.0 Å². The lowest BCUT2D eigenvalue weighted by Crippen LogP contribution is -1.99. The van der Waals surface area contributed by atoms with Crippen molar-refractivity contribution in [2.75, 3.05) is 0 Å². The van der Waals surface area contributed by atoms with Crippen LogP contribution in [0.1, 0.15) is 22.5 Å². The Balaban J connectivity index is 3.53.